The van der Waals surface area contributed by atoms with Crippen LogP contribution in [-0.2, 0) is 11.3 Å². The summed E-state index contributed by atoms with van der Waals surface area (Å²) < 4.78 is 11.4. The van der Waals surface area contributed by atoms with Crippen LogP contribution in [0.3, 0.4) is 0 Å². The summed E-state index contributed by atoms with van der Waals surface area (Å²) in [6.45, 7) is 8.50. The molecule has 0 spiro atoms. The highest BCUT2D eigenvalue weighted by Gasteiger charge is 2.22. The zero-order valence-corrected chi connectivity index (χ0v) is 20.3. The molecule has 1 aliphatic heterocycles. The molecule has 0 saturated carbocycles. The number of aromatic amines is 1. The first-order chi connectivity index (χ1) is 15.9. The minimum absolute atomic E-state index is 0.0892. The Labute approximate surface area is 199 Å². The third-order valence-corrected chi connectivity index (χ3v) is 6.26. The van der Waals surface area contributed by atoms with Gasteiger partial charge in [-0.05, 0) is 93.4 Å². The standard InChI is InChI=1S/C26H31N3O3S/c1-4-31-21-9-7-20(8-10-21)27-26(33)29(16-22-6-5-11-32-22)15-19-14-23-18(3)12-17(2)13-24(23)28-25(19)30/h7-10,12-14,22H,4-6,11,15-16H2,1-3H3,(H,27,33)(H,28,30). The highest BCUT2D eigenvalue weighted by molar-refractivity contribution is 7.80. The summed E-state index contributed by atoms with van der Waals surface area (Å²) in [4.78, 5) is 18.0. The monoisotopic (exact) mass is 465 g/mol. The van der Waals surface area contributed by atoms with E-state index >= 15 is 0 Å². The van der Waals surface area contributed by atoms with Gasteiger partial charge in [-0.1, -0.05) is 6.07 Å². The first-order valence-corrected chi connectivity index (χ1v) is 11.9. The SMILES string of the molecule is CCOc1ccc(NC(=S)N(Cc2cc3c(C)cc(C)cc3[nH]c2=O)CC2CCCO2)cc1. The average molecular weight is 466 g/mol. The van der Waals surface area contributed by atoms with E-state index in [0.717, 1.165) is 52.9 Å². The van der Waals surface area contributed by atoms with Crippen LogP contribution < -0.4 is 15.6 Å². The second-order valence-electron chi connectivity index (χ2n) is 8.57. The van der Waals surface area contributed by atoms with E-state index in [0.29, 0.717) is 30.4 Å². The Kier molecular flexibility index (Phi) is 7.30. The molecule has 7 heteroatoms. The van der Waals surface area contributed by atoms with Crippen LogP contribution in [0.4, 0.5) is 5.69 Å². The number of pyridine rings is 1. The van der Waals surface area contributed by atoms with E-state index in [9.17, 15) is 4.79 Å². The number of aryl methyl sites for hydroxylation is 2. The van der Waals surface area contributed by atoms with Gasteiger partial charge in [-0.15, -0.1) is 0 Å². The third kappa shape index (κ3) is 5.72. The molecule has 2 N–H and O–H groups in total. The second kappa shape index (κ2) is 10.4. The van der Waals surface area contributed by atoms with E-state index in [1.165, 1.54) is 0 Å². The minimum Gasteiger partial charge on any atom is -0.494 e. The predicted octanol–water partition coefficient (Wildman–Crippen LogP) is 4.92. The molecule has 1 atom stereocenters. The van der Waals surface area contributed by atoms with Crippen LogP contribution in [0.5, 0.6) is 5.75 Å². The molecule has 174 valence electrons. The molecule has 2 heterocycles. The number of H-pyrrole nitrogens is 1. The maximum Gasteiger partial charge on any atom is 0.253 e. The van der Waals surface area contributed by atoms with E-state index in [1.807, 2.05) is 55.1 Å². The zero-order valence-electron chi connectivity index (χ0n) is 19.4. The number of thiocarbonyl (C=S) groups is 1. The summed E-state index contributed by atoms with van der Waals surface area (Å²) >= 11 is 5.77. The van der Waals surface area contributed by atoms with Gasteiger partial charge in [0.2, 0.25) is 0 Å². The van der Waals surface area contributed by atoms with Gasteiger partial charge in [0.1, 0.15) is 5.75 Å². The predicted molar refractivity (Wildman–Crippen MR) is 137 cm³/mol. The lowest BCUT2D eigenvalue weighted by atomic mass is 10.0. The van der Waals surface area contributed by atoms with Crippen molar-refractivity contribution >= 4 is 33.9 Å². The largest absolute Gasteiger partial charge is 0.494 e. The Balaban J connectivity index is 1.58. The van der Waals surface area contributed by atoms with Gasteiger partial charge in [0.05, 0.1) is 19.3 Å². The normalized spacial score (nSPS) is 15.5. The van der Waals surface area contributed by atoms with Gasteiger partial charge in [-0.2, -0.15) is 0 Å². The summed E-state index contributed by atoms with van der Waals surface area (Å²) in [5.41, 5.74) is 4.60. The van der Waals surface area contributed by atoms with Gasteiger partial charge in [-0.25, -0.2) is 0 Å². The van der Waals surface area contributed by atoms with Crippen LogP contribution in [0.25, 0.3) is 10.9 Å². The molecule has 0 aliphatic carbocycles. The lowest BCUT2D eigenvalue weighted by molar-refractivity contribution is 0.0904. The van der Waals surface area contributed by atoms with Crippen LogP contribution >= 0.6 is 12.2 Å². The number of ether oxygens (including phenoxy) is 2. The number of nitrogens with zero attached hydrogens (tertiary/aromatic N) is 1. The van der Waals surface area contributed by atoms with Crippen molar-refractivity contribution in [2.24, 2.45) is 0 Å². The summed E-state index contributed by atoms with van der Waals surface area (Å²) in [6.07, 6.45) is 2.15. The van der Waals surface area contributed by atoms with E-state index in [4.69, 9.17) is 21.7 Å². The van der Waals surface area contributed by atoms with Crippen LogP contribution in [-0.4, -0.2) is 40.9 Å². The van der Waals surface area contributed by atoms with Gasteiger partial charge in [0.25, 0.3) is 5.56 Å². The number of hydrogen-bond donors (Lipinski definition) is 2. The van der Waals surface area contributed by atoms with Crippen LogP contribution in [0, 0.1) is 13.8 Å². The number of benzene rings is 2. The van der Waals surface area contributed by atoms with E-state index in [-0.39, 0.29) is 11.7 Å². The van der Waals surface area contributed by atoms with Crippen molar-refractivity contribution in [1.29, 1.82) is 0 Å². The Morgan fingerprint density at radius 3 is 2.73 bits per heavy atom. The first-order valence-electron chi connectivity index (χ1n) is 11.5. The fourth-order valence-electron chi connectivity index (χ4n) is 4.30. The lowest BCUT2D eigenvalue weighted by Crippen LogP contribution is -2.40. The maximum absolute atomic E-state index is 12.9. The Bertz CT molecular complexity index is 1180. The van der Waals surface area contributed by atoms with Crippen molar-refractivity contribution < 1.29 is 9.47 Å². The number of anilines is 1. The summed E-state index contributed by atoms with van der Waals surface area (Å²) in [7, 11) is 0. The molecule has 1 fully saturated rings. The van der Waals surface area contributed by atoms with Gasteiger partial charge in [0, 0.05) is 35.3 Å². The number of rotatable bonds is 7. The smallest absolute Gasteiger partial charge is 0.253 e. The molecule has 6 nitrogen and oxygen atoms in total. The summed E-state index contributed by atoms with van der Waals surface area (Å²) in [6, 6.07) is 13.8. The molecule has 3 aromatic rings. The molecular weight excluding hydrogens is 434 g/mol. The van der Waals surface area contributed by atoms with Crippen molar-refractivity contribution in [2.45, 2.75) is 46.3 Å². The van der Waals surface area contributed by atoms with Gasteiger partial charge < -0.3 is 24.7 Å². The number of hydrogen-bond acceptors (Lipinski definition) is 4. The first kappa shape index (κ1) is 23.3. The van der Waals surface area contributed by atoms with Crippen molar-refractivity contribution in [1.82, 2.24) is 9.88 Å². The summed E-state index contributed by atoms with van der Waals surface area (Å²) in [5, 5.41) is 4.93. The van der Waals surface area contributed by atoms with Gasteiger partial charge in [0.15, 0.2) is 5.11 Å². The van der Waals surface area contributed by atoms with Crippen molar-refractivity contribution in [3.8, 4) is 5.75 Å². The fourth-order valence-corrected chi connectivity index (χ4v) is 4.55. The molecule has 1 aliphatic rings. The number of nitrogens with one attached hydrogen (secondary N) is 2. The highest BCUT2D eigenvalue weighted by atomic mass is 32.1. The zero-order chi connectivity index (χ0) is 23.4. The summed E-state index contributed by atoms with van der Waals surface area (Å²) in [5.74, 6) is 0.818. The van der Waals surface area contributed by atoms with Gasteiger partial charge in [-0.3, -0.25) is 4.79 Å². The van der Waals surface area contributed by atoms with E-state index in [2.05, 4.69) is 23.3 Å². The molecule has 0 bridgehead atoms. The third-order valence-electron chi connectivity index (χ3n) is 5.90. The van der Waals surface area contributed by atoms with Crippen LogP contribution in [0.1, 0.15) is 36.5 Å². The Morgan fingerprint density at radius 1 is 1.24 bits per heavy atom. The van der Waals surface area contributed by atoms with Crippen molar-refractivity contribution in [2.75, 3.05) is 25.1 Å². The molecule has 1 aromatic heterocycles. The molecule has 2 aromatic carbocycles. The second-order valence-corrected chi connectivity index (χ2v) is 8.96. The maximum atomic E-state index is 12.9. The molecule has 1 saturated heterocycles. The molecule has 1 unspecified atom stereocenters. The molecule has 0 amide bonds. The number of aromatic nitrogens is 1. The van der Waals surface area contributed by atoms with Crippen LogP contribution in [0.2, 0.25) is 0 Å². The minimum atomic E-state index is -0.0892. The van der Waals surface area contributed by atoms with Gasteiger partial charge >= 0.3 is 0 Å². The van der Waals surface area contributed by atoms with E-state index in [1.54, 1.807) is 0 Å². The number of fused-ring (bicyclic) bond motifs is 1. The highest BCUT2D eigenvalue weighted by Crippen LogP contribution is 2.21. The lowest BCUT2D eigenvalue weighted by Gasteiger charge is -2.28. The van der Waals surface area contributed by atoms with E-state index < -0.39 is 0 Å². The quantitative estimate of drug-likeness (QED) is 0.483. The molecule has 0 radical (unpaired) electrons. The van der Waals surface area contributed by atoms with Crippen molar-refractivity contribution in [3.05, 3.63) is 69.5 Å². The average Bonchev–Trinajstić information content (AvgIpc) is 3.29. The molecule has 33 heavy (non-hydrogen) atoms. The van der Waals surface area contributed by atoms with Crippen LogP contribution in [0.15, 0.2) is 47.3 Å². The molecular formula is C26H31N3O3S. The Hall–Kier alpha value is -2.90. The van der Waals surface area contributed by atoms with Crippen molar-refractivity contribution in [3.63, 3.8) is 0 Å². The fraction of sp³-hybridized carbons (Fsp3) is 0.385. The topological polar surface area (TPSA) is 66.6 Å². The Morgan fingerprint density at radius 2 is 2.03 bits per heavy atom. The molecule has 4 rings (SSSR count).